The number of amides is 2. The monoisotopic (exact) mass is 471 g/mol. The third-order valence-corrected chi connectivity index (χ3v) is 5.16. The van der Waals surface area contributed by atoms with Crippen molar-refractivity contribution in [2.24, 2.45) is 5.10 Å². The molecule has 2 N–H and O–H groups in total. The highest BCUT2D eigenvalue weighted by atomic mass is 35.5. The van der Waals surface area contributed by atoms with E-state index in [1.165, 1.54) is 6.21 Å². The second-order valence-electron chi connectivity index (χ2n) is 7.09. The Balaban J connectivity index is 1.54. The van der Waals surface area contributed by atoms with Crippen molar-refractivity contribution < 1.29 is 19.1 Å². The van der Waals surface area contributed by atoms with Crippen LogP contribution in [-0.4, -0.2) is 24.0 Å². The minimum Gasteiger partial charge on any atom is -0.422 e. The Morgan fingerprint density at radius 3 is 2.29 bits per heavy atom. The van der Waals surface area contributed by atoms with Gasteiger partial charge in [-0.25, -0.2) is 10.2 Å². The van der Waals surface area contributed by atoms with Gasteiger partial charge in [0.15, 0.2) is 0 Å². The minimum atomic E-state index is -0.987. The molecule has 0 spiro atoms. The molecule has 4 rings (SSSR count). The molecule has 0 aromatic heterocycles. The molecule has 0 aliphatic carbocycles. The maximum Gasteiger partial charge on any atom is 0.343 e. The number of esters is 1. The van der Waals surface area contributed by atoms with Crippen molar-refractivity contribution in [3.63, 3.8) is 0 Å². The second-order valence-corrected chi connectivity index (χ2v) is 7.49. The van der Waals surface area contributed by atoms with E-state index in [4.69, 9.17) is 16.3 Å². The summed E-state index contributed by atoms with van der Waals surface area (Å²) < 4.78 is 5.60. The van der Waals surface area contributed by atoms with Gasteiger partial charge in [-0.15, -0.1) is 0 Å². The molecule has 0 bridgehead atoms. The van der Waals surface area contributed by atoms with Gasteiger partial charge in [0, 0.05) is 5.56 Å². The molecule has 8 heteroatoms. The molecule has 7 nitrogen and oxygen atoms in total. The second kappa shape index (κ2) is 10.4. The maximum absolute atomic E-state index is 12.6. The van der Waals surface area contributed by atoms with Gasteiger partial charge in [-0.05, 0) is 41.1 Å². The largest absolute Gasteiger partial charge is 0.422 e. The zero-order valence-electron chi connectivity index (χ0n) is 17.7. The van der Waals surface area contributed by atoms with Crippen LogP contribution in [0.1, 0.15) is 15.9 Å². The third kappa shape index (κ3) is 5.28. The number of para-hydroxylation sites is 1. The molecule has 0 unspecified atom stereocenters. The van der Waals surface area contributed by atoms with Crippen LogP contribution in [0.25, 0.3) is 10.8 Å². The van der Waals surface area contributed by atoms with Crippen LogP contribution in [0.3, 0.4) is 0 Å². The first-order chi connectivity index (χ1) is 16.5. The molecule has 0 fully saturated rings. The highest BCUT2D eigenvalue weighted by Gasteiger charge is 2.16. The number of benzene rings is 4. The summed E-state index contributed by atoms with van der Waals surface area (Å²) >= 11 is 6.00. The average molecular weight is 472 g/mol. The van der Waals surface area contributed by atoms with Gasteiger partial charge in [0.25, 0.3) is 0 Å². The Kier molecular flexibility index (Phi) is 6.95. The molecule has 34 heavy (non-hydrogen) atoms. The lowest BCUT2D eigenvalue weighted by molar-refractivity contribution is -0.136. The van der Waals surface area contributed by atoms with E-state index in [1.807, 2.05) is 30.3 Å². The molecule has 0 aliphatic heterocycles. The molecule has 4 aromatic rings. The number of ether oxygens (including phenoxy) is 1. The van der Waals surface area contributed by atoms with Crippen LogP contribution >= 0.6 is 11.6 Å². The molecule has 0 aliphatic rings. The van der Waals surface area contributed by atoms with Crippen LogP contribution < -0.4 is 15.5 Å². The lowest BCUT2D eigenvalue weighted by Crippen LogP contribution is -2.32. The zero-order chi connectivity index (χ0) is 23.9. The van der Waals surface area contributed by atoms with Crippen LogP contribution in [0.2, 0.25) is 5.02 Å². The number of nitrogens with one attached hydrogen (secondary N) is 2. The van der Waals surface area contributed by atoms with E-state index < -0.39 is 17.8 Å². The van der Waals surface area contributed by atoms with E-state index in [0.717, 1.165) is 10.8 Å². The quantitative estimate of drug-likeness (QED) is 0.144. The summed E-state index contributed by atoms with van der Waals surface area (Å²) in [4.78, 5) is 36.9. The van der Waals surface area contributed by atoms with Gasteiger partial charge in [0.1, 0.15) is 5.75 Å². The third-order valence-electron chi connectivity index (χ3n) is 4.83. The smallest absolute Gasteiger partial charge is 0.343 e. The van der Waals surface area contributed by atoms with Crippen LogP contribution in [-0.2, 0) is 9.59 Å². The summed E-state index contributed by atoms with van der Waals surface area (Å²) in [6.45, 7) is 0. The van der Waals surface area contributed by atoms with Gasteiger partial charge >= 0.3 is 17.8 Å². The SMILES string of the molecule is O=C(N/N=C/c1c(OC(=O)c2ccccc2)ccc2ccccc12)C(=O)Nc1ccccc1Cl. The molecule has 0 atom stereocenters. The number of fused-ring (bicyclic) bond motifs is 1. The average Bonchev–Trinajstić information content (AvgIpc) is 2.86. The molecule has 0 radical (unpaired) electrons. The van der Waals surface area contributed by atoms with E-state index in [-0.39, 0.29) is 5.75 Å². The lowest BCUT2D eigenvalue weighted by atomic mass is 10.0. The molecular formula is C26H18ClN3O4. The molecule has 4 aromatic carbocycles. The van der Waals surface area contributed by atoms with Crippen molar-refractivity contribution >= 4 is 52.1 Å². The summed E-state index contributed by atoms with van der Waals surface area (Å²) in [7, 11) is 0. The Morgan fingerprint density at radius 1 is 0.794 bits per heavy atom. The molecule has 0 saturated heterocycles. The minimum absolute atomic E-state index is 0.256. The fourth-order valence-electron chi connectivity index (χ4n) is 3.18. The number of hydrazone groups is 1. The standard InChI is InChI=1S/C26H18ClN3O4/c27-21-12-6-7-13-22(21)29-24(31)25(32)30-28-16-20-19-11-5-4-8-17(19)14-15-23(20)34-26(33)18-9-2-1-3-10-18/h1-16H,(H,29,31)(H,30,32)/b28-16+. The van der Waals surface area contributed by atoms with Crippen molar-refractivity contribution in [2.45, 2.75) is 0 Å². The number of nitrogens with zero attached hydrogens (tertiary/aromatic N) is 1. The Labute approximate surface area is 200 Å². The Bertz CT molecular complexity index is 1400. The summed E-state index contributed by atoms with van der Waals surface area (Å²) in [5.41, 5.74) is 3.34. The van der Waals surface area contributed by atoms with Gasteiger partial charge < -0.3 is 10.1 Å². The predicted molar refractivity (Wildman–Crippen MR) is 131 cm³/mol. The number of hydrogen-bond acceptors (Lipinski definition) is 5. The number of halogens is 1. The summed E-state index contributed by atoms with van der Waals surface area (Å²) in [6.07, 6.45) is 1.33. The van der Waals surface area contributed by atoms with Crippen molar-refractivity contribution in [3.8, 4) is 5.75 Å². The van der Waals surface area contributed by atoms with Crippen molar-refractivity contribution in [1.29, 1.82) is 0 Å². The van der Waals surface area contributed by atoms with Crippen LogP contribution in [0.4, 0.5) is 5.69 Å². The van der Waals surface area contributed by atoms with E-state index in [0.29, 0.717) is 21.8 Å². The molecule has 168 valence electrons. The van der Waals surface area contributed by atoms with Gasteiger partial charge in [-0.1, -0.05) is 72.3 Å². The van der Waals surface area contributed by atoms with Crippen LogP contribution in [0.5, 0.6) is 5.75 Å². The molecule has 2 amide bonds. The van der Waals surface area contributed by atoms with E-state index in [2.05, 4.69) is 15.8 Å². The number of carbonyl (C=O) groups is 3. The van der Waals surface area contributed by atoms with Crippen molar-refractivity contribution in [1.82, 2.24) is 5.43 Å². The first-order valence-electron chi connectivity index (χ1n) is 10.2. The summed E-state index contributed by atoms with van der Waals surface area (Å²) in [5, 5.41) is 8.25. The number of rotatable bonds is 5. The molecule has 0 heterocycles. The van der Waals surface area contributed by atoms with Gasteiger partial charge in [-0.3, -0.25) is 9.59 Å². The van der Waals surface area contributed by atoms with Crippen molar-refractivity contribution in [3.05, 3.63) is 107 Å². The van der Waals surface area contributed by atoms with E-state index in [1.54, 1.807) is 60.7 Å². The van der Waals surface area contributed by atoms with Crippen LogP contribution in [0, 0.1) is 0 Å². The van der Waals surface area contributed by atoms with Crippen molar-refractivity contribution in [2.75, 3.05) is 5.32 Å². The Morgan fingerprint density at radius 2 is 1.50 bits per heavy atom. The highest BCUT2D eigenvalue weighted by molar-refractivity contribution is 6.41. The maximum atomic E-state index is 12.6. The first-order valence-corrected chi connectivity index (χ1v) is 10.6. The molecule has 0 saturated carbocycles. The highest BCUT2D eigenvalue weighted by Crippen LogP contribution is 2.27. The van der Waals surface area contributed by atoms with Gasteiger partial charge in [0.05, 0.1) is 22.5 Å². The zero-order valence-corrected chi connectivity index (χ0v) is 18.5. The first kappa shape index (κ1) is 22.7. The fourth-order valence-corrected chi connectivity index (χ4v) is 3.36. The van der Waals surface area contributed by atoms with Crippen LogP contribution in [0.15, 0.2) is 96.1 Å². The summed E-state index contributed by atoms with van der Waals surface area (Å²) in [5.74, 6) is -2.20. The normalized spacial score (nSPS) is 10.7. The Hall–Kier alpha value is -4.49. The number of carbonyl (C=O) groups excluding carboxylic acids is 3. The number of anilines is 1. The summed E-state index contributed by atoms with van der Waals surface area (Å²) in [6, 6.07) is 26.0. The van der Waals surface area contributed by atoms with Gasteiger partial charge in [0.2, 0.25) is 0 Å². The molecular weight excluding hydrogens is 454 g/mol. The lowest BCUT2D eigenvalue weighted by Gasteiger charge is -2.10. The topological polar surface area (TPSA) is 96.9 Å². The number of hydrogen-bond donors (Lipinski definition) is 2. The predicted octanol–water partition coefficient (Wildman–Crippen LogP) is 4.80. The van der Waals surface area contributed by atoms with E-state index >= 15 is 0 Å². The van der Waals surface area contributed by atoms with E-state index in [9.17, 15) is 14.4 Å². The van der Waals surface area contributed by atoms with Gasteiger partial charge in [-0.2, -0.15) is 5.10 Å². The fraction of sp³-hybridized carbons (Fsp3) is 0.